The first-order chi connectivity index (χ1) is 13.3. The highest BCUT2D eigenvalue weighted by molar-refractivity contribution is 7.99. The third kappa shape index (κ3) is 4.56. The molecule has 1 unspecified atom stereocenters. The quantitative estimate of drug-likeness (QED) is 0.596. The van der Waals surface area contributed by atoms with Gasteiger partial charge in [0.25, 0.3) is 0 Å². The van der Waals surface area contributed by atoms with Crippen LogP contribution in [-0.4, -0.2) is 35.9 Å². The van der Waals surface area contributed by atoms with Gasteiger partial charge in [-0.05, 0) is 43.7 Å². The Morgan fingerprint density at radius 2 is 1.86 bits per heavy atom. The van der Waals surface area contributed by atoms with Crippen LogP contribution in [0.1, 0.15) is 25.5 Å². The topological polar surface area (TPSA) is 81.1 Å². The fourth-order valence-corrected chi connectivity index (χ4v) is 4.49. The van der Waals surface area contributed by atoms with Gasteiger partial charge in [0.2, 0.25) is 5.91 Å². The molecule has 0 radical (unpaired) electrons. The van der Waals surface area contributed by atoms with Crippen LogP contribution in [0.5, 0.6) is 0 Å². The van der Waals surface area contributed by atoms with Crippen LogP contribution in [0.15, 0.2) is 58.6 Å². The number of imidazole rings is 1. The van der Waals surface area contributed by atoms with Crippen LogP contribution in [0.25, 0.3) is 11.0 Å². The number of sulfone groups is 1. The van der Waals surface area contributed by atoms with Crippen molar-refractivity contribution in [3.05, 3.63) is 54.1 Å². The van der Waals surface area contributed by atoms with E-state index >= 15 is 0 Å². The van der Waals surface area contributed by atoms with E-state index in [0.717, 1.165) is 28.3 Å². The molecule has 0 bridgehead atoms. The first-order valence-electron chi connectivity index (χ1n) is 8.97. The number of thioether (sulfide) groups is 1. The molecule has 1 aromatic heterocycles. The summed E-state index contributed by atoms with van der Waals surface area (Å²) in [5.41, 5.74) is 2.84. The maximum Gasteiger partial charge on any atom is 0.230 e. The Bertz CT molecular complexity index is 1090. The van der Waals surface area contributed by atoms with Gasteiger partial charge < -0.3 is 9.88 Å². The second kappa shape index (κ2) is 8.36. The molecule has 2 aromatic carbocycles. The van der Waals surface area contributed by atoms with Gasteiger partial charge in [-0.15, -0.1) is 0 Å². The zero-order valence-electron chi connectivity index (χ0n) is 16.0. The average molecular weight is 418 g/mol. The fraction of sp³-hybridized carbons (Fsp3) is 0.300. The van der Waals surface area contributed by atoms with Crippen molar-refractivity contribution < 1.29 is 13.2 Å². The number of aromatic nitrogens is 2. The van der Waals surface area contributed by atoms with Gasteiger partial charge in [0.15, 0.2) is 15.0 Å². The predicted molar refractivity (Wildman–Crippen MR) is 112 cm³/mol. The Kier molecular flexibility index (Phi) is 6.10. The number of amides is 1. The summed E-state index contributed by atoms with van der Waals surface area (Å²) in [5, 5.41) is 3.77. The second-order valence-corrected chi connectivity index (χ2v) is 9.50. The number of rotatable bonds is 7. The smallest absolute Gasteiger partial charge is 0.230 e. The largest absolute Gasteiger partial charge is 0.349 e. The lowest BCUT2D eigenvalue weighted by molar-refractivity contribution is -0.119. The van der Waals surface area contributed by atoms with Crippen molar-refractivity contribution in [3.8, 4) is 0 Å². The molecule has 1 atom stereocenters. The van der Waals surface area contributed by atoms with E-state index in [1.165, 1.54) is 18.0 Å². The standard InChI is InChI=1S/C20H23N3O3S2/c1-4-23-18-8-6-5-7-17(18)22-20(23)27-13-19(24)21-14(2)15-9-11-16(12-10-15)28(3,25)26/h5-12,14H,4,13H2,1-3H3,(H,21,24). The molecule has 3 rings (SSSR count). The number of carbonyl (C=O) groups is 1. The van der Waals surface area contributed by atoms with Crippen molar-refractivity contribution in [1.82, 2.24) is 14.9 Å². The number of nitrogens with one attached hydrogen (secondary N) is 1. The minimum absolute atomic E-state index is 0.0978. The van der Waals surface area contributed by atoms with Crippen LogP contribution in [0.2, 0.25) is 0 Å². The molecule has 0 saturated carbocycles. The number of aryl methyl sites for hydroxylation is 1. The highest BCUT2D eigenvalue weighted by Gasteiger charge is 2.14. The number of carbonyl (C=O) groups excluding carboxylic acids is 1. The van der Waals surface area contributed by atoms with Crippen molar-refractivity contribution in [2.24, 2.45) is 0 Å². The molecule has 3 aromatic rings. The van der Waals surface area contributed by atoms with Gasteiger partial charge in [0, 0.05) is 12.8 Å². The van der Waals surface area contributed by atoms with E-state index in [0.29, 0.717) is 0 Å². The maximum absolute atomic E-state index is 12.4. The van der Waals surface area contributed by atoms with Crippen LogP contribution in [0.3, 0.4) is 0 Å². The molecule has 28 heavy (non-hydrogen) atoms. The molecular weight excluding hydrogens is 394 g/mol. The predicted octanol–water partition coefficient (Wildman–Crippen LogP) is 3.43. The fourth-order valence-electron chi connectivity index (χ4n) is 2.97. The molecule has 6 nitrogen and oxygen atoms in total. The van der Waals surface area contributed by atoms with Gasteiger partial charge in [0.05, 0.1) is 27.7 Å². The zero-order chi connectivity index (χ0) is 20.3. The van der Waals surface area contributed by atoms with E-state index in [1.54, 1.807) is 24.3 Å². The minimum Gasteiger partial charge on any atom is -0.349 e. The van der Waals surface area contributed by atoms with E-state index in [-0.39, 0.29) is 22.6 Å². The maximum atomic E-state index is 12.4. The Labute approximate surface area is 169 Å². The molecule has 8 heteroatoms. The van der Waals surface area contributed by atoms with Gasteiger partial charge in [-0.3, -0.25) is 4.79 Å². The van der Waals surface area contributed by atoms with Crippen LogP contribution in [0.4, 0.5) is 0 Å². The molecule has 0 saturated heterocycles. The summed E-state index contributed by atoms with van der Waals surface area (Å²) in [6.45, 7) is 4.72. The number of fused-ring (bicyclic) bond motifs is 1. The van der Waals surface area contributed by atoms with Crippen molar-refractivity contribution in [1.29, 1.82) is 0 Å². The third-order valence-electron chi connectivity index (χ3n) is 4.45. The van der Waals surface area contributed by atoms with Crippen LogP contribution >= 0.6 is 11.8 Å². The number of benzene rings is 2. The highest BCUT2D eigenvalue weighted by atomic mass is 32.2. The Hall–Kier alpha value is -2.32. The zero-order valence-corrected chi connectivity index (χ0v) is 17.7. The number of hydrogen-bond donors (Lipinski definition) is 1. The lowest BCUT2D eigenvalue weighted by Gasteiger charge is -2.14. The lowest BCUT2D eigenvalue weighted by atomic mass is 10.1. The van der Waals surface area contributed by atoms with Gasteiger partial charge in [-0.1, -0.05) is 36.0 Å². The van der Waals surface area contributed by atoms with Gasteiger partial charge in [-0.25, -0.2) is 13.4 Å². The summed E-state index contributed by atoms with van der Waals surface area (Å²) in [6.07, 6.45) is 1.17. The molecule has 0 fully saturated rings. The van der Waals surface area contributed by atoms with Gasteiger partial charge in [-0.2, -0.15) is 0 Å². The summed E-state index contributed by atoms with van der Waals surface area (Å²) >= 11 is 1.41. The number of hydrogen-bond acceptors (Lipinski definition) is 5. The van der Waals surface area contributed by atoms with E-state index in [9.17, 15) is 13.2 Å². The van der Waals surface area contributed by atoms with Gasteiger partial charge in [0.1, 0.15) is 0 Å². The van der Waals surface area contributed by atoms with Crippen LogP contribution in [0, 0.1) is 0 Å². The molecule has 0 aliphatic heterocycles. The molecule has 0 aliphatic carbocycles. The molecular formula is C20H23N3O3S2. The van der Waals surface area contributed by atoms with Crippen molar-refractivity contribution in [3.63, 3.8) is 0 Å². The molecule has 0 spiro atoms. The van der Waals surface area contributed by atoms with Crippen LogP contribution in [-0.2, 0) is 21.2 Å². The normalized spacial score (nSPS) is 12.8. The Balaban J connectivity index is 1.63. The summed E-state index contributed by atoms with van der Waals surface area (Å²) in [7, 11) is -3.23. The van der Waals surface area contributed by atoms with Crippen molar-refractivity contribution >= 4 is 38.5 Å². The number of para-hydroxylation sites is 2. The third-order valence-corrected chi connectivity index (χ3v) is 6.56. The van der Waals surface area contributed by atoms with E-state index in [1.807, 2.05) is 31.2 Å². The minimum atomic E-state index is -3.23. The summed E-state index contributed by atoms with van der Waals surface area (Å²) in [4.78, 5) is 17.3. The Morgan fingerprint density at radius 3 is 2.50 bits per heavy atom. The van der Waals surface area contributed by atoms with Crippen molar-refractivity contribution in [2.75, 3.05) is 12.0 Å². The van der Waals surface area contributed by atoms with E-state index in [4.69, 9.17) is 0 Å². The van der Waals surface area contributed by atoms with Crippen LogP contribution < -0.4 is 5.32 Å². The first-order valence-corrected chi connectivity index (χ1v) is 11.8. The molecule has 0 aliphatic rings. The monoisotopic (exact) mass is 417 g/mol. The van der Waals surface area contributed by atoms with E-state index < -0.39 is 9.84 Å². The first kappa shape index (κ1) is 20.4. The molecule has 1 N–H and O–H groups in total. The summed E-state index contributed by atoms with van der Waals surface area (Å²) in [6, 6.07) is 14.3. The second-order valence-electron chi connectivity index (χ2n) is 6.55. The molecule has 1 heterocycles. The molecule has 148 valence electrons. The number of nitrogens with zero attached hydrogens (tertiary/aromatic N) is 2. The van der Waals surface area contributed by atoms with E-state index in [2.05, 4.69) is 21.8 Å². The Morgan fingerprint density at radius 1 is 1.18 bits per heavy atom. The van der Waals surface area contributed by atoms with Gasteiger partial charge >= 0.3 is 0 Å². The summed E-state index contributed by atoms with van der Waals surface area (Å²) in [5.74, 6) is 0.161. The SMILES string of the molecule is CCn1c(SCC(=O)NC(C)c2ccc(S(C)(=O)=O)cc2)nc2ccccc21. The summed E-state index contributed by atoms with van der Waals surface area (Å²) < 4.78 is 25.2. The van der Waals surface area contributed by atoms with Crippen molar-refractivity contribution in [2.45, 2.75) is 36.5 Å². The average Bonchev–Trinajstić information content (AvgIpc) is 3.03. The lowest BCUT2D eigenvalue weighted by Crippen LogP contribution is -2.28. The molecule has 1 amide bonds. The highest BCUT2D eigenvalue weighted by Crippen LogP contribution is 2.24.